The quantitative estimate of drug-likeness (QED) is 0.277. The maximum atomic E-state index is 16.3. The molecule has 7 rings (SSSR count). The minimum Gasteiger partial charge on any atom is -0.350 e. The molecule has 1 amide bonds. The SMILES string of the molecule is C=CC(=O)N1CCN(c2nc(=O)n3c4nc(c(F)cc24)-c2c(F)cccc2-n2nncc2Cc2ccnc(C(C)C)c2-3)[C@@H](C)C1. The van der Waals surface area contributed by atoms with Crippen LogP contribution in [0.3, 0.4) is 0 Å². The van der Waals surface area contributed by atoms with Crippen molar-refractivity contribution in [1.82, 2.24) is 39.4 Å². The Kier molecular flexibility index (Phi) is 6.75. The number of hydrogen-bond donors (Lipinski definition) is 0. The van der Waals surface area contributed by atoms with E-state index in [2.05, 4.69) is 26.9 Å². The van der Waals surface area contributed by atoms with Crippen LogP contribution in [0.1, 0.15) is 43.6 Å². The molecule has 1 saturated heterocycles. The van der Waals surface area contributed by atoms with Crippen LogP contribution in [-0.2, 0) is 11.2 Å². The first kappa shape index (κ1) is 28.4. The highest BCUT2D eigenvalue weighted by Gasteiger charge is 2.32. The van der Waals surface area contributed by atoms with E-state index in [1.54, 1.807) is 29.4 Å². The molecule has 0 aliphatic carbocycles. The Morgan fingerprint density at radius 1 is 1.13 bits per heavy atom. The Bertz CT molecular complexity index is 2090. The molecule has 2 aliphatic rings. The summed E-state index contributed by atoms with van der Waals surface area (Å²) in [5.41, 5.74) is 1.73. The molecule has 1 aromatic carbocycles. The average molecular weight is 610 g/mol. The van der Waals surface area contributed by atoms with Crippen LogP contribution in [-0.4, -0.2) is 71.0 Å². The third-order valence-electron chi connectivity index (χ3n) is 8.44. The van der Waals surface area contributed by atoms with Crippen LogP contribution in [0.2, 0.25) is 0 Å². The van der Waals surface area contributed by atoms with Gasteiger partial charge in [-0.25, -0.2) is 27.8 Å². The lowest BCUT2D eigenvalue weighted by atomic mass is 10.0. The third kappa shape index (κ3) is 4.49. The second-order valence-electron chi connectivity index (χ2n) is 11.6. The standard InChI is InChI=1S/C32H29F2N9O2/c1-5-25(44)40-11-12-41(18(4)16-40)30-21-14-23(34)28-26-22(33)7-6-8-24(26)43-20(15-36-39-43)13-19-9-10-35-27(17(2)3)29(19)42(31(21)37-28)32(45)38-30/h5-10,14-15,17-18H,1,11-13,16H2,2-4H3/t18-/m0/s1. The van der Waals surface area contributed by atoms with Crippen LogP contribution in [0.15, 0.2) is 60.2 Å². The minimum absolute atomic E-state index is 0.111. The van der Waals surface area contributed by atoms with E-state index < -0.39 is 17.3 Å². The number of anilines is 1. The number of aromatic nitrogens is 7. The van der Waals surface area contributed by atoms with Crippen molar-refractivity contribution < 1.29 is 13.6 Å². The van der Waals surface area contributed by atoms with Gasteiger partial charge >= 0.3 is 5.69 Å². The number of nitrogens with zero attached hydrogens (tertiary/aromatic N) is 9. The largest absolute Gasteiger partial charge is 0.355 e. The summed E-state index contributed by atoms with van der Waals surface area (Å²) in [5, 5.41) is 8.57. The van der Waals surface area contributed by atoms with Gasteiger partial charge in [0.25, 0.3) is 0 Å². The van der Waals surface area contributed by atoms with Crippen molar-refractivity contribution in [1.29, 1.82) is 0 Å². The van der Waals surface area contributed by atoms with Crippen molar-refractivity contribution in [3.8, 4) is 22.6 Å². The van der Waals surface area contributed by atoms with E-state index in [-0.39, 0.29) is 58.1 Å². The van der Waals surface area contributed by atoms with E-state index in [9.17, 15) is 9.59 Å². The molecule has 1 fully saturated rings. The minimum atomic E-state index is -0.799. The second-order valence-corrected chi connectivity index (χ2v) is 11.6. The third-order valence-corrected chi connectivity index (χ3v) is 8.44. The molecule has 2 bridgehead atoms. The normalized spacial score (nSPS) is 15.9. The maximum Gasteiger partial charge on any atom is 0.355 e. The molecule has 0 N–H and O–H groups in total. The number of piperazine rings is 1. The number of benzene rings is 1. The van der Waals surface area contributed by atoms with Crippen LogP contribution in [0.4, 0.5) is 14.6 Å². The molecule has 11 nitrogen and oxygen atoms in total. The Morgan fingerprint density at radius 2 is 1.96 bits per heavy atom. The number of hydrogen-bond acceptors (Lipinski definition) is 8. The van der Waals surface area contributed by atoms with Gasteiger partial charge in [0, 0.05) is 38.3 Å². The fourth-order valence-electron chi connectivity index (χ4n) is 6.34. The lowest BCUT2D eigenvalue weighted by Gasteiger charge is -2.40. The van der Waals surface area contributed by atoms with Crippen LogP contribution in [0.25, 0.3) is 33.7 Å². The molecule has 0 unspecified atom stereocenters. The molecule has 6 heterocycles. The van der Waals surface area contributed by atoms with E-state index in [4.69, 9.17) is 4.98 Å². The first-order valence-corrected chi connectivity index (χ1v) is 14.7. The van der Waals surface area contributed by atoms with Crippen LogP contribution in [0, 0.1) is 11.6 Å². The molecular formula is C32H29F2N9O2. The summed E-state index contributed by atoms with van der Waals surface area (Å²) in [6, 6.07) is 7.17. The predicted molar refractivity (Wildman–Crippen MR) is 164 cm³/mol. The van der Waals surface area contributed by atoms with Crippen LogP contribution >= 0.6 is 0 Å². The molecule has 45 heavy (non-hydrogen) atoms. The zero-order valence-electron chi connectivity index (χ0n) is 24.9. The maximum absolute atomic E-state index is 16.3. The summed E-state index contributed by atoms with van der Waals surface area (Å²) in [7, 11) is 0. The lowest BCUT2D eigenvalue weighted by molar-refractivity contribution is -0.126. The zero-order valence-corrected chi connectivity index (χ0v) is 24.9. The van der Waals surface area contributed by atoms with Crippen molar-refractivity contribution in [3.05, 3.63) is 94.5 Å². The summed E-state index contributed by atoms with van der Waals surface area (Å²) >= 11 is 0. The molecular weight excluding hydrogens is 580 g/mol. The van der Waals surface area contributed by atoms with Gasteiger partial charge in [0.05, 0.1) is 39.9 Å². The lowest BCUT2D eigenvalue weighted by Crippen LogP contribution is -2.54. The van der Waals surface area contributed by atoms with Crippen molar-refractivity contribution in [3.63, 3.8) is 0 Å². The van der Waals surface area contributed by atoms with E-state index in [1.807, 2.05) is 25.7 Å². The molecule has 2 aliphatic heterocycles. The van der Waals surface area contributed by atoms with Gasteiger partial charge in [0.2, 0.25) is 5.91 Å². The molecule has 228 valence electrons. The van der Waals surface area contributed by atoms with Crippen LogP contribution in [0.5, 0.6) is 0 Å². The Balaban J connectivity index is 1.58. The Morgan fingerprint density at radius 3 is 2.71 bits per heavy atom. The zero-order chi connectivity index (χ0) is 31.6. The van der Waals surface area contributed by atoms with Gasteiger partial charge in [0.1, 0.15) is 17.3 Å². The molecule has 5 aromatic rings. The fraction of sp³-hybridized carbons (Fsp3) is 0.281. The molecule has 4 aromatic heterocycles. The number of carbonyl (C=O) groups excluding carboxylic acids is 1. The fourth-order valence-corrected chi connectivity index (χ4v) is 6.34. The highest BCUT2D eigenvalue weighted by Crippen LogP contribution is 2.37. The highest BCUT2D eigenvalue weighted by molar-refractivity contribution is 5.92. The van der Waals surface area contributed by atoms with Gasteiger partial charge in [-0.3, -0.25) is 9.78 Å². The first-order valence-electron chi connectivity index (χ1n) is 14.7. The molecule has 0 radical (unpaired) electrons. The topological polar surface area (TPSA) is 115 Å². The molecule has 1 atom stereocenters. The van der Waals surface area contributed by atoms with E-state index in [1.165, 1.54) is 33.5 Å². The number of fused-ring (bicyclic) bond motifs is 7. The number of pyridine rings is 2. The summed E-state index contributed by atoms with van der Waals surface area (Å²) in [6.45, 7) is 10.5. The monoisotopic (exact) mass is 609 g/mol. The smallest absolute Gasteiger partial charge is 0.350 e. The van der Waals surface area contributed by atoms with Gasteiger partial charge in [-0.15, -0.1) is 5.10 Å². The van der Waals surface area contributed by atoms with E-state index in [0.29, 0.717) is 42.3 Å². The van der Waals surface area contributed by atoms with E-state index in [0.717, 1.165) is 0 Å². The molecule has 0 saturated carbocycles. The Labute approximate surface area is 256 Å². The Hall–Kier alpha value is -5.33. The van der Waals surface area contributed by atoms with Crippen LogP contribution < -0.4 is 10.6 Å². The van der Waals surface area contributed by atoms with Crippen molar-refractivity contribution >= 4 is 22.8 Å². The van der Waals surface area contributed by atoms with Crippen molar-refractivity contribution in [2.45, 2.75) is 39.2 Å². The number of carbonyl (C=O) groups is 1. The molecule has 13 heteroatoms. The predicted octanol–water partition coefficient (Wildman–Crippen LogP) is 3.95. The average Bonchev–Trinajstić information content (AvgIpc) is 3.47. The second kappa shape index (κ2) is 10.7. The highest BCUT2D eigenvalue weighted by atomic mass is 19.1. The van der Waals surface area contributed by atoms with Gasteiger partial charge < -0.3 is 9.80 Å². The molecule has 0 spiro atoms. The van der Waals surface area contributed by atoms with Crippen molar-refractivity contribution in [2.75, 3.05) is 24.5 Å². The summed E-state index contributed by atoms with van der Waals surface area (Å²) in [6.07, 6.45) is 4.75. The van der Waals surface area contributed by atoms with Gasteiger partial charge in [0.15, 0.2) is 11.5 Å². The first-order chi connectivity index (χ1) is 21.7. The van der Waals surface area contributed by atoms with Crippen molar-refractivity contribution in [2.24, 2.45) is 0 Å². The van der Waals surface area contributed by atoms with Gasteiger partial charge in [-0.2, -0.15) is 4.98 Å². The van der Waals surface area contributed by atoms with E-state index >= 15 is 8.78 Å². The summed E-state index contributed by atoms with van der Waals surface area (Å²) in [5.74, 6) is -1.58. The number of halogens is 2. The summed E-state index contributed by atoms with van der Waals surface area (Å²) < 4.78 is 34.9. The van der Waals surface area contributed by atoms with Gasteiger partial charge in [-0.05, 0) is 48.7 Å². The van der Waals surface area contributed by atoms with Gasteiger partial charge in [-0.1, -0.05) is 31.7 Å². The number of amides is 1. The number of rotatable bonds is 3. The summed E-state index contributed by atoms with van der Waals surface area (Å²) in [4.78, 5) is 44.0.